The van der Waals surface area contributed by atoms with Crippen molar-refractivity contribution in [1.82, 2.24) is 10.3 Å². The molecule has 3 amide bonds. The molecular weight excluding hydrogens is 689 g/mol. The molecule has 1 aromatic heterocycles. The van der Waals surface area contributed by atoms with Gasteiger partial charge >= 0.3 is 0 Å². The second-order valence-electron chi connectivity index (χ2n) is 11.7. The number of hydrogen-bond donors (Lipinski definition) is 3. The average Bonchev–Trinajstić information content (AvgIpc) is 3.59. The van der Waals surface area contributed by atoms with Gasteiger partial charge in [-0.25, -0.2) is 4.98 Å². The van der Waals surface area contributed by atoms with Gasteiger partial charge in [0.05, 0.1) is 17.3 Å². The van der Waals surface area contributed by atoms with E-state index >= 15 is 0 Å². The lowest BCUT2D eigenvalue weighted by Gasteiger charge is -2.17. The summed E-state index contributed by atoms with van der Waals surface area (Å²) in [5.74, 6) is -0.366. The number of anilines is 2. The molecule has 52 heavy (non-hydrogen) atoms. The van der Waals surface area contributed by atoms with Gasteiger partial charge in [-0.15, -0.1) is 11.8 Å². The zero-order chi connectivity index (χ0) is 35.9. The Kier molecular flexibility index (Phi) is 10.4. The van der Waals surface area contributed by atoms with Crippen molar-refractivity contribution in [2.75, 3.05) is 17.7 Å². The number of fused-ring (bicyclic) bond motifs is 2. The Morgan fingerprint density at radius 2 is 1.48 bits per heavy atom. The maximum atomic E-state index is 13.8. The molecule has 6 aromatic carbocycles. The van der Waals surface area contributed by atoms with E-state index in [0.717, 1.165) is 42.8 Å². The van der Waals surface area contributed by atoms with Crippen LogP contribution < -0.4 is 20.7 Å². The molecule has 3 N–H and O–H groups in total. The van der Waals surface area contributed by atoms with Crippen molar-refractivity contribution in [3.8, 4) is 5.75 Å². The van der Waals surface area contributed by atoms with Crippen molar-refractivity contribution >= 4 is 78.7 Å². The molecule has 256 valence electrons. The maximum absolute atomic E-state index is 13.8. The second-order valence-corrected chi connectivity index (χ2v) is 13.9. The van der Waals surface area contributed by atoms with E-state index in [4.69, 9.17) is 4.74 Å². The number of nitrogens with zero attached hydrogens (tertiary/aromatic N) is 1. The Morgan fingerprint density at radius 3 is 2.25 bits per heavy atom. The van der Waals surface area contributed by atoms with Gasteiger partial charge < -0.3 is 20.7 Å². The van der Waals surface area contributed by atoms with Gasteiger partial charge in [0.1, 0.15) is 16.7 Å². The fourth-order valence-electron chi connectivity index (χ4n) is 5.58. The maximum Gasteiger partial charge on any atom is 0.272 e. The normalized spacial score (nSPS) is 11.9. The van der Waals surface area contributed by atoms with Crippen LogP contribution in [0.5, 0.6) is 5.75 Å². The Balaban J connectivity index is 1.10. The van der Waals surface area contributed by atoms with Gasteiger partial charge in [-0.1, -0.05) is 102 Å². The zero-order valence-corrected chi connectivity index (χ0v) is 29.5. The largest absolute Gasteiger partial charge is 0.497 e. The van der Waals surface area contributed by atoms with Gasteiger partial charge in [-0.2, -0.15) is 0 Å². The molecule has 0 aliphatic rings. The third-order valence-electron chi connectivity index (χ3n) is 8.18. The molecule has 0 bridgehead atoms. The van der Waals surface area contributed by atoms with Crippen LogP contribution in [0.3, 0.4) is 0 Å². The molecule has 8 nitrogen and oxygen atoms in total. The molecule has 7 aromatic rings. The Labute approximate surface area is 308 Å². The topological polar surface area (TPSA) is 109 Å². The van der Waals surface area contributed by atoms with Crippen molar-refractivity contribution in [3.63, 3.8) is 0 Å². The lowest BCUT2D eigenvalue weighted by atomic mass is 10.0. The van der Waals surface area contributed by atoms with Crippen LogP contribution >= 0.6 is 23.1 Å². The van der Waals surface area contributed by atoms with Gasteiger partial charge in [-0.3, -0.25) is 14.4 Å². The van der Waals surface area contributed by atoms with Gasteiger partial charge in [0.25, 0.3) is 11.8 Å². The molecule has 0 spiro atoms. The molecule has 7 rings (SSSR count). The average molecular weight is 721 g/mol. The minimum absolute atomic E-state index is 0.0951. The molecular formula is C42H32N4O4S2. The number of benzene rings is 6. The summed E-state index contributed by atoms with van der Waals surface area (Å²) in [5, 5.41) is 10.6. The molecule has 1 heterocycles. The van der Waals surface area contributed by atoms with Crippen LogP contribution in [-0.4, -0.2) is 29.8 Å². The number of aromatic nitrogens is 1. The fraction of sp³-hybridized carbons (Fsp3) is 0.0476. The van der Waals surface area contributed by atoms with Crippen LogP contribution in [0.4, 0.5) is 10.8 Å². The molecule has 0 radical (unpaired) electrons. The van der Waals surface area contributed by atoms with Gasteiger partial charge in [0.2, 0.25) is 5.91 Å². The highest BCUT2D eigenvalue weighted by atomic mass is 32.2. The lowest BCUT2D eigenvalue weighted by Crippen LogP contribution is -2.30. The SMILES string of the molecule is COc1ccc2nc(NC(=O)C(Sc3ccc(NC(=O)/C(=C/c4cccc5ccccc45)NC(=O)c4ccccc4)cc3)c3ccccc3)sc2c1. The molecule has 1 unspecified atom stereocenters. The van der Waals surface area contributed by atoms with Crippen molar-refractivity contribution in [2.45, 2.75) is 10.1 Å². The van der Waals surface area contributed by atoms with E-state index in [-0.39, 0.29) is 11.6 Å². The number of carbonyl (C=O) groups excluding carboxylic acids is 3. The smallest absolute Gasteiger partial charge is 0.272 e. The summed E-state index contributed by atoms with van der Waals surface area (Å²) < 4.78 is 6.24. The number of rotatable bonds is 11. The highest BCUT2D eigenvalue weighted by Gasteiger charge is 2.24. The lowest BCUT2D eigenvalue weighted by molar-refractivity contribution is -0.116. The first-order chi connectivity index (χ1) is 25.4. The highest BCUT2D eigenvalue weighted by Crippen LogP contribution is 2.38. The van der Waals surface area contributed by atoms with Crippen molar-refractivity contribution in [3.05, 3.63) is 168 Å². The van der Waals surface area contributed by atoms with E-state index in [2.05, 4.69) is 20.9 Å². The first-order valence-corrected chi connectivity index (χ1v) is 18.1. The van der Waals surface area contributed by atoms with Crippen molar-refractivity contribution in [2.24, 2.45) is 0 Å². The predicted octanol–water partition coefficient (Wildman–Crippen LogP) is 9.34. The van der Waals surface area contributed by atoms with Crippen molar-refractivity contribution < 1.29 is 19.1 Å². The monoisotopic (exact) mass is 720 g/mol. The number of methoxy groups -OCH3 is 1. The molecule has 0 aliphatic carbocycles. The second kappa shape index (κ2) is 15.8. The van der Waals surface area contributed by atoms with Crippen LogP contribution in [0, 0.1) is 0 Å². The first-order valence-electron chi connectivity index (χ1n) is 16.4. The third-order valence-corrected chi connectivity index (χ3v) is 10.4. The third kappa shape index (κ3) is 8.04. The number of carbonyl (C=O) groups is 3. The summed E-state index contributed by atoms with van der Waals surface area (Å²) in [6.45, 7) is 0. The predicted molar refractivity (Wildman–Crippen MR) is 211 cm³/mol. The number of ether oxygens (including phenoxy) is 1. The van der Waals surface area contributed by atoms with Crippen LogP contribution in [0.2, 0.25) is 0 Å². The van der Waals surface area contributed by atoms with E-state index in [1.165, 1.54) is 23.1 Å². The summed E-state index contributed by atoms with van der Waals surface area (Å²) in [6.07, 6.45) is 1.69. The summed E-state index contributed by atoms with van der Waals surface area (Å²) >= 11 is 2.77. The fourth-order valence-corrected chi connectivity index (χ4v) is 7.50. The molecule has 10 heteroatoms. The van der Waals surface area contributed by atoms with Crippen LogP contribution in [0.15, 0.2) is 156 Å². The minimum Gasteiger partial charge on any atom is -0.497 e. The summed E-state index contributed by atoms with van der Waals surface area (Å²) in [5.41, 5.74) is 3.45. The van der Waals surface area contributed by atoms with Gasteiger partial charge in [0, 0.05) is 16.1 Å². The van der Waals surface area contributed by atoms with E-state index < -0.39 is 17.1 Å². The van der Waals surface area contributed by atoms with Gasteiger partial charge in [0.15, 0.2) is 5.13 Å². The van der Waals surface area contributed by atoms with Crippen LogP contribution in [0.1, 0.15) is 26.7 Å². The molecule has 0 fully saturated rings. The molecule has 0 saturated heterocycles. The first kappa shape index (κ1) is 34.2. The Bertz CT molecular complexity index is 2410. The van der Waals surface area contributed by atoms with Crippen molar-refractivity contribution in [1.29, 1.82) is 0 Å². The standard InChI is InChI=1S/C42H32N4O4S2/c1-50-32-21-24-35-37(26-32)52-42(45-35)46-41(49)38(28-12-4-2-5-13-28)51-33-22-19-31(20-23-33)43-40(48)36(44-39(47)29-14-6-3-7-15-29)25-30-17-10-16-27-11-8-9-18-34(27)30/h2-26,38H,1H3,(H,43,48)(H,44,47)(H,45,46,49)/b36-25-. The van der Waals surface area contributed by atoms with E-state index in [0.29, 0.717) is 16.4 Å². The molecule has 0 aliphatic heterocycles. The zero-order valence-electron chi connectivity index (χ0n) is 27.9. The Morgan fingerprint density at radius 1 is 0.769 bits per heavy atom. The number of nitrogens with one attached hydrogen (secondary N) is 3. The number of amides is 3. The quantitative estimate of drug-likeness (QED) is 0.0908. The summed E-state index contributed by atoms with van der Waals surface area (Å²) in [6, 6.07) is 44.8. The van der Waals surface area contributed by atoms with Crippen LogP contribution in [0.25, 0.3) is 27.1 Å². The number of thiazole rings is 1. The van der Waals surface area contributed by atoms with E-state index in [1.54, 1.807) is 49.6 Å². The van der Waals surface area contributed by atoms with Crippen LogP contribution in [-0.2, 0) is 9.59 Å². The Hall–Kier alpha value is -6.23. The number of thioether (sulfide) groups is 1. The van der Waals surface area contributed by atoms with E-state index in [1.807, 2.05) is 109 Å². The summed E-state index contributed by atoms with van der Waals surface area (Å²) in [7, 11) is 1.61. The molecule has 1 atom stereocenters. The molecule has 0 saturated carbocycles. The highest BCUT2D eigenvalue weighted by molar-refractivity contribution is 8.00. The summed E-state index contributed by atoms with van der Waals surface area (Å²) in [4.78, 5) is 46.1. The van der Waals surface area contributed by atoms with Gasteiger partial charge in [-0.05, 0) is 82.6 Å². The van der Waals surface area contributed by atoms with E-state index in [9.17, 15) is 14.4 Å². The number of hydrogen-bond acceptors (Lipinski definition) is 7. The minimum atomic E-state index is -0.577.